The van der Waals surface area contributed by atoms with Crippen molar-refractivity contribution in [3.05, 3.63) is 45.1 Å². The Morgan fingerprint density at radius 1 is 1.24 bits per heavy atom. The van der Waals surface area contributed by atoms with Crippen LogP contribution in [0.15, 0.2) is 33.6 Å². The summed E-state index contributed by atoms with van der Waals surface area (Å²) < 4.78 is 44.9. The Morgan fingerprint density at radius 3 is 2.48 bits per heavy atom. The van der Waals surface area contributed by atoms with E-state index in [4.69, 9.17) is 11.6 Å². The number of hydrogen-bond acceptors (Lipinski definition) is 6. The number of rotatable bonds is 4. The second-order valence-corrected chi connectivity index (χ2v) is 7.68. The van der Waals surface area contributed by atoms with E-state index in [2.05, 4.69) is 20.7 Å². The van der Waals surface area contributed by atoms with Gasteiger partial charge in [0.1, 0.15) is 10.5 Å². The van der Waals surface area contributed by atoms with Crippen LogP contribution < -0.4 is 4.72 Å². The van der Waals surface area contributed by atoms with Gasteiger partial charge in [0.25, 0.3) is 10.0 Å². The van der Waals surface area contributed by atoms with E-state index in [1.807, 2.05) is 4.72 Å². The lowest BCUT2D eigenvalue weighted by molar-refractivity contribution is 0.0597. The molecule has 2 aromatic rings. The van der Waals surface area contributed by atoms with Gasteiger partial charge in [0.2, 0.25) is 0 Å². The van der Waals surface area contributed by atoms with Crippen molar-refractivity contribution in [1.29, 1.82) is 0 Å². The van der Waals surface area contributed by atoms with Crippen molar-refractivity contribution in [3.8, 4) is 11.5 Å². The summed E-state index contributed by atoms with van der Waals surface area (Å²) in [5.74, 6) is -3.96. The van der Waals surface area contributed by atoms with Crippen molar-refractivity contribution in [2.75, 3.05) is 11.8 Å². The summed E-state index contributed by atoms with van der Waals surface area (Å²) in [7, 11) is -3.45. The largest absolute Gasteiger partial charge is 0.505 e. The molecule has 0 saturated carbocycles. The second-order valence-electron chi connectivity index (χ2n) is 4.68. The number of carbonyl (C=O) groups is 1. The lowest BCUT2D eigenvalue weighted by Crippen LogP contribution is -2.15. The molecular formula is C14H10BrClFNO6S. The molecule has 3 N–H and O–H groups in total. The molecule has 0 unspecified atom stereocenters. The van der Waals surface area contributed by atoms with Crippen LogP contribution in [0.25, 0.3) is 0 Å². The molecule has 0 aromatic heterocycles. The molecule has 25 heavy (non-hydrogen) atoms. The third kappa shape index (κ3) is 3.97. The molecule has 7 nitrogen and oxygen atoms in total. The Bertz CT molecular complexity index is 966. The van der Waals surface area contributed by atoms with Gasteiger partial charge in [-0.3, -0.25) is 4.72 Å². The average molecular weight is 455 g/mol. The molecule has 2 rings (SSSR count). The molecule has 0 amide bonds. The molecule has 0 spiro atoms. The molecule has 0 atom stereocenters. The molecular weight excluding hydrogens is 445 g/mol. The molecule has 0 radical (unpaired) electrons. The van der Waals surface area contributed by atoms with E-state index in [9.17, 15) is 27.8 Å². The van der Waals surface area contributed by atoms with Crippen molar-refractivity contribution < 1.29 is 32.6 Å². The van der Waals surface area contributed by atoms with Crippen LogP contribution in [0.3, 0.4) is 0 Å². The third-order valence-electron chi connectivity index (χ3n) is 3.01. The van der Waals surface area contributed by atoms with Crippen molar-refractivity contribution >= 4 is 49.2 Å². The fourth-order valence-electron chi connectivity index (χ4n) is 1.89. The van der Waals surface area contributed by atoms with Crippen molar-refractivity contribution in [3.63, 3.8) is 0 Å². The van der Waals surface area contributed by atoms with E-state index in [1.54, 1.807) is 0 Å². The molecule has 0 fully saturated rings. The molecule has 0 heterocycles. The van der Waals surface area contributed by atoms with Gasteiger partial charge in [-0.05, 0) is 24.3 Å². The minimum Gasteiger partial charge on any atom is -0.505 e. The highest BCUT2D eigenvalue weighted by molar-refractivity contribution is 9.10. The number of carbonyl (C=O) groups excluding carboxylic acids is 1. The molecule has 0 bridgehead atoms. The van der Waals surface area contributed by atoms with Gasteiger partial charge in [0.05, 0.1) is 12.8 Å². The zero-order valence-corrected chi connectivity index (χ0v) is 15.5. The van der Waals surface area contributed by atoms with E-state index in [0.717, 1.165) is 31.4 Å². The summed E-state index contributed by atoms with van der Waals surface area (Å²) in [5, 5.41) is 19.7. The molecule has 0 aliphatic heterocycles. The Kier molecular flexibility index (Phi) is 5.45. The van der Waals surface area contributed by atoms with E-state index < -0.39 is 43.9 Å². The molecule has 2 aromatic carbocycles. The van der Waals surface area contributed by atoms with E-state index in [0.29, 0.717) is 0 Å². The van der Waals surface area contributed by atoms with Gasteiger partial charge < -0.3 is 14.9 Å². The monoisotopic (exact) mass is 453 g/mol. The van der Waals surface area contributed by atoms with Crippen LogP contribution in [0.5, 0.6) is 11.5 Å². The predicted molar refractivity (Wildman–Crippen MR) is 91.0 cm³/mol. The van der Waals surface area contributed by atoms with Gasteiger partial charge in [0, 0.05) is 9.50 Å². The molecule has 0 aliphatic carbocycles. The number of phenols is 2. The van der Waals surface area contributed by atoms with E-state index in [-0.39, 0.29) is 15.1 Å². The van der Waals surface area contributed by atoms with Crippen molar-refractivity contribution in [2.45, 2.75) is 4.90 Å². The fourth-order valence-corrected chi connectivity index (χ4v) is 3.88. The van der Waals surface area contributed by atoms with E-state index >= 15 is 0 Å². The summed E-state index contributed by atoms with van der Waals surface area (Å²) in [6, 6.07) is 3.95. The first-order valence-electron chi connectivity index (χ1n) is 6.38. The maximum Gasteiger partial charge on any atom is 0.341 e. The first-order chi connectivity index (χ1) is 11.6. The Hall–Kier alpha value is -2.04. The predicted octanol–water partition coefficient (Wildman–Crippen LogP) is 3.24. The van der Waals surface area contributed by atoms with Crippen LogP contribution in [0.4, 0.5) is 10.1 Å². The number of nitrogens with one attached hydrogen (secondary N) is 1. The zero-order chi connectivity index (χ0) is 18.9. The van der Waals surface area contributed by atoms with Gasteiger partial charge in [-0.25, -0.2) is 17.6 Å². The highest BCUT2D eigenvalue weighted by atomic mass is 79.9. The minimum absolute atomic E-state index is 0.0636. The number of sulfonamides is 1. The number of ether oxygens (including phenoxy) is 1. The summed E-state index contributed by atoms with van der Waals surface area (Å²) >= 11 is 8.73. The van der Waals surface area contributed by atoms with Crippen LogP contribution >= 0.6 is 27.5 Å². The smallest absolute Gasteiger partial charge is 0.341 e. The molecule has 11 heteroatoms. The highest BCUT2D eigenvalue weighted by Crippen LogP contribution is 2.36. The third-order valence-corrected chi connectivity index (χ3v) is 5.06. The first-order valence-corrected chi connectivity index (χ1v) is 9.04. The maximum atomic E-state index is 13.6. The fraction of sp³-hybridized carbons (Fsp3) is 0.0714. The second kappa shape index (κ2) is 7.06. The van der Waals surface area contributed by atoms with Gasteiger partial charge in [-0.1, -0.05) is 27.5 Å². The van der Waals surface area contributed by atoms with Crippen LogP contribution in [-0.4, -0.2) is 31.7 Å². The average Bonchev–Trinajstić information content (AvgIpc) is 2.52. The number of halogens is 3. The van der Waals surface area contributed by atoms with Crippen molar-refractivity contribution in [1.82, 2.24) is 0 Å². The Balaban J connectivity index is 2.56. The van der Waals surface area contributed by atoms with Crippen LogP contribution in [-0.2, 0) is 14.8 Å². The number of benzene rings is 2. The standard InChI is InChI=1S/C14H10BrClFNO6S/c1-24-14(21)8-4-7(16)5-10(12(8)19)18-25(22,23)11-3-6(15)2-9(17)13(11)20/h2-5,18-20H,1H3. The zero-order valence-electron chi connectivity index (χ0n) is 12.4. The Labute approximate surface area is 155 Å². The summed E-state index contributed by atoms with van der Waals surface area (Å²) in [4.78, 5) is 10.8. The lowest BCUT2D eigenvalue weighted by atomic mass is 10.2. The van der Waals surface area contributed by atoms with Gasteiger partial charge in [0.15, 0.2) is 17.3 Å². The topological polar surface area (TPSA) is 113 Å². The first kappa shape index (κ1) is 19.3. The van der Waals surface area contributed by atoms with Crippen LogP contribution in [0, 0.1) is 5.82 Å². The van der Waals surface area contributed by atoms with Gasteiger partial charge >= 0.3 is 5.97 Å². The highest BCUT2D eigenvalue weighted by Gasteiger charge is 2.25. The van der Waals surface area contributed by atoms with Gasteiger partial charge in [-0.15, -0.1) is 0 Å². The SMILES string of the molecule is COC(=O)c1cc(Cl)cc(NS(=O)(=O)c2cc(Br)cc(F)c2O)c1O. The lowest BCUT2D eigenvalue weighted by Gasteiger charge is -2.13. The summed E-state index contributed by atoms with van der Waals surface area (Å²) in [6.45, 7) is 0. The minimum atomic E-state index is -4.52. The summed E-state index contributed by atoms with van der Waals surface area (Å²) in [5.41, 5.74) is -0.829. The normalized spacial score (nSPS) is 11.2. The maximum absolute atomic E-state index is 13.6. The molecule has 0 aliphatic rings. The summed E-state index contributed by atoms with van der Waals surface area (Å²) in [6.07, 6.45) is 0. The quantitative estimate of drug-likeness (QED) is 0.483. The van der Waals surface area contributed by atoms with Gasteiger partial charge in [-0.2, -0.15) is 0 Å². The number of aromatic hydroxyl groups is 2. The Morgan fingerprint density at radius 2 is 1.88 bits per heavy atom. The number of anilines is 1. The number of hydrogen-bond donors (Lipinski definition) is 3. The van der Waals surface area contributed by atoms with Crippen LogP contribution in [0.2, 0.25) is 5.02 Å². The number of methoxy groups -OCH3 is 1. The van der Waals surface area contributed by atoms with Crippen LogP contribution in [0.1, 0.15) is 10.4 Å². The number of esters is 1. The van der Waals surface area contributed by atoms with E-state index in [1.165, 1.54) is 0 Å². The molecule has 0 saturated heterocycles. The molecule has 134 valence electrons. The van der Waals surface area contributed by atoms with Crippen molar-refractivity contribution in [2.24, 2.45) is 0 Å². The number of phenolic OH excluding ortho intramolecular Hbond substituents is 2.